The van der Waals surface area contributed by atoms with Crippen molar-refractivity contribution in [1.82, 2.24) is 0 Å². The molecule has 0 bridgehead atoms. The number of rotatable bonds is 3. The Morgan fingerprint density at radius 2 is 1.88 bits per heavy atom. The zero-order valence-corrected chi connectivity index (χ0v) is 10.7. The summed E-state index contributed by atoms with van der Waals surface area (Å²) < 4.78 is 0. The first kappa shape index (κ1) is 11.7. The number of benzene rings is 1. The molecule has 0 radical (unpaired) electrons. The highest BCUT2D eigenvalue weighted by Gasteiger charge is 2.23. The molecule has 0 N–H and O–H groups in total. The number of hydrogen-bond acceptors (Lipinski definition) is 0. The Hall–Kier alpha value is -0.780. The fourth-order valence-electron chi connectivity index (χ4n) is 3.07. The van der Waals surface area contributed by atoms with E-state index < -0.39 is 0 Å². The lowest BCUT2D eigenvalue weighted by Crippen LogP contribution is -2.21. The molecule has 0 unspecified atom stereocenters. The molecule has 88 valence electrons. The van der Waals surface area contributed by atoms with Crippen LogP contribution in [0.4, 0.5) is 0 Å². The van der Waals surface area contributed by atoms with Crippen LogP contribution in [0.5, 0.6) is 0 Å². The van der Waals surface area contributed by atoms with Gasteiger partial charge < -0.3 is 0 Å². The lowest BCUT2D eigenvalue weighted by molar-refractivity contribution is 0.214. The molecule has 1 fully saturated rings. The van der Waals surface area contributed by atoms with Crippen molar-refractivity contribution in [2.75, 3.05) is 0 Å². The van der Waals surface area contributed by atoms with Crippen molar-refractivity contribution in [3.05, 3.63) is 35.9 Å². The SMILES string of the molecule is CC(C)[C@H]1CCC[C@@H](Cc2ccccc2)C1. The molecule has 0 heterocycles. The van der Waals surface area contributed by atoms with Crippen LogP contribution in [0.15, 0.2) is 30.3 Å². The Kier molecular flexibility index (Phi) is 4.04. The molecular weight excluding hydrogens is 192 g/mol. The summed E-state index contributed by atoms with van der Waals surface area (Å²) in [5.41, 5.74) is 1.52. The maximum absolute atomic E-state index is 2.38. The van der Waals surface area contributed by atoms with Crippen molar-refractivity contribution in [2.24, 2.45) is 17.8 Å². The normalized spacial score (nSPS) is 25.9. The first-order valence-corrected chi connectivity index (χ1v) is 6.79. The lowest BCUT2D eigenvalue weighted by Gasteiger charge is -2.31. The summed E-state index contributed by atoms with van der Waals surface area (Å²) >= 11 is 0. The molecule has 1 aliphatic rings. The Labute approximate surface area is 100 Å². The van der Waals surface area contributed by atoms with Gasteiger partial charge >= 0.3 is 0 Å². The predicted molar refractivity (Wildman–Crippen MR) is 70.4 cm³/mol. The largest absolute Gasteiger partial charge is 0.0625 e. The van der Waals surface area contributed by atoms with Gasteiger partial charge in [0.05, 0.1) is 0 Å². The lowest BCUT2D eigenvalue weighted by atomic mass is 9.74. The summed E-state index contributed by atoms with van der Waals surface area (Å²) in [5, 5.41) is 0. The zero-order valence-electron chi connectivity index (χ0n) is 10.7. The quantitative estimate of drug-likeness (QED) is 0.687. The second-order valence-electron chi connectivity index (χ2n) is 5.73. The van der Waals surface area contributed by atoms with Crippen molar-refractivity contribution in [2.45, 2.75) is 46.0 Å². The van der Waals surface area contributed by atoms with Crippen molar-refractivity contribution >= 4 is 0 Å². The van der Waals surface area contributed by atoms with Crippen molar-refractivity contribution < 1.29 is 0 Å². The van der Waals surface area contributed by atoms with Gasteiger partial charge in [0, 0.05) is 0 Å². The third kappa shape index (κ3) is 3.10. The van der Waals surface area contributed by atoms with E-state index >= 15 is 0 Å². The standard InChI is InChI=1S/C16H24/c1-13(2)16-10-6-9-15(12-16)11-14-7-4-3-5-8-14/h3-5,7-8,13,15-16H,6,9-12H2,1-2H3/t15-,16-/m0/s1. The molecule has 1 saturated carbocycles. The highest BCUT2D eigenvalue weighted by molar-refractivity contribution is 5.15. The van der Waals surface area contributed by atoms with Crippen LogP contribution in [0, 0.1) is 17.8 Å². The summed E-state index contributed by atoms with van der Waals surface area (Å²) in [4.78, 5) is 0. The predicted octanol–water partition coefficient (Wildman–Crippen LogP) is 4.69. The molecule has 1 aliphatic carbocycles. The van der Waals surface area contributed by atoms with E-state index in [-0.39, 0.29) is 0 Å². The van der Waals surface area contributed by atoms with Crippen LogP contribution in [0.3, 0.4) is 0 Å². The second-order valence-corrected chi connectivity index (χ2v) is 5.73. The maximum Gasteiger partial charge on any atom is -0.0250 e. The van der Waals surface area contributed by atoms with E-state index in [9.17, 15) is 0 Å². The van der Waals surface area contributed by atoms with Gasteiger partial charge in [-0.3, -0.25) is 0 Å². The van der Waals surface area contributed by atoms with Gasteiger partial charge in [0.25, 0.3) is 0 Å². The van der Waals surface area contributed by atoms with E-state index in [1.807, 2.05) is 0 Å². The van der Waals surface area contributed by atoms with Crippen molar-refractivity contribution in [1.29, 1.82) is 0 Å². The molecule has 0 spiro atoms. The van der Waals surface area contributed by atoms with Crippen LogP contribution in [0.2, 0.25) is 0 Å². The van der Waals surface area contributed by atoms with Gasteiger partial charge in [-0.1, -0.05) is 63.4 Å². The minimum Gasteiger partial charge on any atom is -0.0625 e. The molecule has 1 aromatic carbocycles. The highest BCUT2D eigenvalue weighted by Crippen LogP contribution is 2.35. The third-order valence-corrected chi connectivity index (χ3v) is 4.13. The van der Waals surface area contributed by atoms with Crippen LogP contribution >= 0.6 is 0 Å². The molecule has 0 nitrogen and oxygen atoms in total. The zero-order chi connectivity index (χ0) is 11.4. The Morgan fingerprint density at radius 1 is 1.12 bits per heavy atom. The van der Waals surface area contributed by atoms with Crippen LogP contribution in [0.25, 0.3) is 0 Å². The summed E-state index contributed by atoms with van der Waals surface area (Å²) in [6.07, 6.45) is 7.10. The fourth-order valence-corrected chi connectivity index (χ4v) is 3.07. The molecule has 0 aliphatic heterocycles. The first-order chi connectivity index (χ1) is 7.75. The van der Waals surface area contributed by atoms with Gasteiger partial charge in [-0.2, -0.15) is 0 Å². The van der Waals surface area contributed by atoms with Gasteiger partial charge in [0.1, 0.15) is 0 Å². The molecule has 2 rings (SSSR count). The van der Waals surface area contributed by atoms with E-state index in [1.165, 1.54) is 37.7 Å². The molecule has 0 saturated heterocycles. The summed E-state index contributed by atoms with van der Waals surface area (Å²) in [5.74, 6) is 2.78. The second kappa shape index (κ2) is 5.52. The Bertz CT molecular complexity index is 299. The van der Waals surface area contributed by atoms with E-state index in [1.54, 1.807) is 0 Å². The van der Waals surface area contributed by atoms with Gasteiger partial charge in [0.2, 0.25) is 0 Å². The summed E-state index contributed by atoms with van der Waals surface area (Å²) in [6, 6.07) is 11.0. The van der Waals surface area contributed by atoms with Crippen LogP contribution in [-0.4, -0.2) is 0 Å². The number of hydrogen-bond donors (Lipinski definition) is 0. The van der Waals surface area contributed by atoms with Gasteiger partial charge in [-0.15, -0.1) is 0 Å². The maximum atomic E-state index is 2.38. The van der Waals surface area contributed by atoms with E-state index in [4.69, 9.17) is 0 Å². The van der Waals surface area contributed by atoms with E-state index in [0.29, 0.717) is 0 Å². The van der Waals surface area contributed by atoms with Crippen molar-refractivity contribution in [3.8, 4) is 0 Å². The van der Waals surface area contributed by atoms with Gasteiger partial charge in [-0.25, -0.2) is 0 Å². The van der Waals surface area contributed by atoms with Crippen molar-refractivity contribution in [3.63, 3.8) is 0 Å². The molecule has 0 amide bonds. The minimum absolute atomic E-state index is 0.874. The molecule has 1 aromatic rings. The molecule has 0 aromatic heterocycles. The minimum atomic E-state index is 0.874. The van der Waals surface area contributed by atoms with Crippen LogP contribution in [-0.2, 0) is 6.42 Å². The topological polar surface area (TPSA) is 0 Å². The molecular formula is C16H24. The Balaban J connectivity index is 1.90. The first-order valence-electron chi connectivity index (χ1n) is 6.79. The van der Waals surface area contributed by atoms with Gasteiger partial charge in [0.15, 0.2) is 0 Å². The fraction of sp³-hybridized carbons (Fsp3) is 0.625. The smallest absolute Gasteiger partial charge is 0.0250 e. The van der Waals surface area contributed by atoms with Crippen LogP contribution < -0.4 is 0 Å². The average Bonchev–Trinajstić information content (AvgIpc) is 2.30. The van der Waals surface area contributed by atoms with E-state index in [0.717, 1.165) is 17.8 Å². The Morgan fingerprint density at radius 3 is 2.56 bits per heavy atom. The summed E-state index contributed by atoms with van der Waals surface area (Å²) in [7, 11) is 0. The van der Waals surface area contributed by atoms with Gasteiger partial charge in [-0.05, 0) is 36.2 Å². The molecule has 0 heteroatoms. The highest BCUT2D eigenvalue weighted by atomic mass is 14.3. The molecule has 2 atom stereocenters. The molecule has 16 heavy (non-hydrogen) atoms. The average molecular weight is 216 g/mol. The monoisotopic (exact) mass is 216 g/mol. The summed E-state index contributed by atoms with van der Waals surface area (Å²) in [6.45, 7) is 4.77. The van der Waals surface area contributed by atoms with E-state index in [2.05, 4.69) is 44.2 Å². The van der Waals surface area contributed by atoms with Crippen LogP contribution in [0.1, 0.15) is 45.1 Å². The third-order valence-electron chi connectivity index (χ3n) is 4.13.